The zero-order chi connectivity index (χ0) is 20.5. The molecule has 3 aromatic heterocycles. The minimum Gasteiger partial charge on any atom is -0.493 e. The Labute approximate surface area is 166 Å². The van der Waals surface area contributed by atoms with Gasteiger partial charge in [-0.05, 0) is 25.0 Å². The van der Waals surface area contributed by atoms with Crippen LogP contribution in [0, 0.1) is 11.3 Å². The maximum absolute atomic E-state index is 12.7. The van der Waals surface area contributed by atoms with Crippen molar-refractivity contribution in [3.8, 4) is 11.8 Å². The monoisotopic (exact) mass is 392 g/mol. The molecule has 1 fully saturated rings. The molecule has 0 spiro atoms. The normalized spacial score (nSPS) is 14.7. The molecule has 148 valence electrons. The summed E-state index contributed by atoms with van der Waals surface area (Å²) in [4.78, 5) is 36.0. The maximum Gasteiger partial charge on any atom is 0.318 e. The molecule has 0 atom stereocenters. The number of ether oxygens (including phenoxy) is 1. The van der Waals surface area contributed by atoms with Crippen molar-refractivity contribution < 1.29 is 4.74 Å². The first kappa shape index (κ1) is 18.7. The van der Waals surface area contributed by atoms with E-state index in [4.69, 9.17) is 10.00 Å². The molecular formula is C20H20N6O3. The molecule has 9 heteroatoms. The molecule has 0 aliphatic carbocycles. The highest BCUT2D eigenvalue weighted by molar-refractivity contribution is 5.70. The van der Waals surface area contributed by atoms with Gasteiger partial charge in [-0.25, -0.2) is 9.97 Å². The van der Waals surface area contributed by atoms with E-state index >= 15 is 0 Å². The van der Waals surface area contributed by atoms with Gasteiger partial charge in [0.05, 0.1) is 18.2 Å². The number of piperidine rings is 1. The van der Waals surface area contributed by atoms with E-state index in [0.717, 1.165) is 0 Å². The lowest BCUT2D eigenvalue weighted by molar-refractivity contribution is 0.381. The van der Waals surface area contributed by atoms with Crippen LogP contribution < -0.4 is 20.8 Å². The van der Waals surface area contributed by atoms with Crippen molar-refractivity contribution in [3.63, 3.8) is 0 Å². The zero-order valence-electron chi connectivity index (χ0n) is 16.2. The SMILES string of the molecule is COc1cc(C#N)cnc1N1CCC(n2c(=O)c(=O)n(C)c3cccnc32)CC1. The molecule has 0 saturated carbocycles. The Morgan fingerprint density at radius 3 is 2.66 bits per heavy atom. The van der Waals surface area contributed by atoms with Gasteiger partial charge in [-0.2, -0.15) is 5.26 Å². The van der Waals surface area contributed by atoms with E-state index in [1.54, 1.807) is 43.1 Å². The van der Waals surface area contributed by atoms with Gasteiger partial charge in [-0.1, -0.05) is 0 Å². The van der Waals surface area contributed by atoms with Crippen molar-refractivity contribution in [2.45, 2.75) is 18.9 Å². The Kier molecular flexibility index (Phi) is 4.76. The molecule has 0 N–H and O–H groups in total. The van der Waals surface area contributed by atoms with E-state index in [1.807, 2.05) is 0 Å². The average molecular weight is 392 g/mol. The van der Waals surface area contributed by atoms with E-state index in [9.17, 15) is 9.59 Å². The minimum absolute atomic E-state index is 0.130. The number of pyridine rings is 2. The lowest BCUT2D eigenvalue weighted by Gasteiger charge is -2.34. The fraction of sp³-hybridized carbons (Fsp3) is 0.350. The van der Waals surface area contributed by atoms with Gasteiger partial charge in [-0.3, -0.25) is 14.2 Å². The first-order valence-corrected chi connectivity index (χ1v) is 9.30. The number of aryl methyl sites for hydroxylation is 1. The second-order valence-corrected chi connectivity index (χ2v) is 6.97. The number of methoxy groups -OCH3 is 1. The second-order valence-electron chi connectivity index (χ2n) is 6.97. The van der Waals surface area contributed by atoms with Gasteiger partial charge in [0.2, 0.25) is 0 Å². The maximum atomic E-state index is 12.7. The summed E-state index contributed by atoms with van der Waals surface area (Å²) in [6, 6.07) is 7.13. The first-order chi connectivity index (χ1) is 14.0. The molecule has 0 amide bonds. The lowest BCUT2D eigenvalue weighted by Crippen LogP contribution is -2.45. The molecule has 0 bridgehead atoms. The van der Waals surface area contributed by atoms with Crippen LogP contribution in [0.4, 0.5) is 5.82 Å². The van der Waals surface area contributed by atoms with Crippen LogP contribution in [-0.4, -0.2) is 39.3 Å². The summed E-state index contributed by atoms with van der Waals surface area (Å²) in [6.45, 7) is 1.27. The van der Waals surface area contributed by atoms with Crippen molar-refractivity contribution in [1.82, 2.24) is 19.1 Å². The van der Waals surface area contributed by atoms with Crippen LogP contribution in [0.2, 0.25) is 0 Å². The van der Waals surface area contributed by atoms with Crippen LogP contribution in [-0.2, 0) is 7.05 Å². The molecule has 1 aliphatic heterocycles. The van der Waals surface area contributed by atoms with Gasteiger partial charge >= 0.3 is 11.1 Å². The molecule has 29 heavy (non-hydrogen) atoms. The van der Waals surface area contributed by atoms with Crippen LogP contribution in [0.1, 0.15) is 24.4 Å². The second kappa shape index (κ2) is 7.39. The summed E-state index contributed by atoms with van der Waals surface area (Å²) in [5.74, 6) is 1.21. The van der Waals surface area contributed by atoms with Gasteiger partial charge in [0.15, 0.2) is 17.2 Å². The summed E-state index contributed by atoms with van der Waals surface area (Å²) in [5, 5.41) is 9.05. The largest absolute Gasteiger partial charge is 0.493 e. The first-order valence-electron chi connectivity index (χ1n) is 9.30. The van der Waals surface area contributed by atoms with Crippen molar-refractivity contribution in [2.75, 3.05) is 25.1 Å². The number of aromatic nitrogens is 4. The van der Waals surface area contributed by atoms with E-state index in [-0.39, 0.29) is 6.04 Å². The Morgan fingerprint density at radius 2 is 1.97 bits per heavy atom. The van der Waals surface area contributed by atoms with Gasteiger partial charge in [-0.15, -0.1) is 0 Å². The van der Waals surface area contributed by atoms with Crippen molar-refractivity contribution in [3.05, 3.63) is 56.9 Å². The third-order valence-electron chi connectivity index (χ3n) is 5.37. The van der Waals surface area contributed by atoms with E-state index in [2.05, 4.69) is 20.9 Å². The third kappa shape index (κ3) is 3.12. The molecule has 0 unspecified atom stereocenters. The molecule has 9 nitrogen and oxygen atoms in total. The molecule has 4 rings (SSSR count). The summed E-state index contributed by atoms with van der Waals surface area (Å²) < 4.78 is 8.28. The lowest BCUT2D eigenvalue weighted by atomic mass is 10.0. The molecule has 0 aromatic carbocycles. The fourth-order valence-electron chi connectivity index (χ4n) is 3.85. The molecule has 3 aromatic rings. The predicted octanol–water partition coefficient (Wildman–Crippen LogP) is 1.21. The number of anilines is 1. The highest BCUT2D eigenvalue weighted by Crippen LogP contribution is 2.31. The van der Waals surface area contributed by atoms with Gasteiger partial charge in [0.25, 0.3) is 0 Å². The third-order valence-corrected chi connectivity index (χ3v) is 5.37. The van der Waals surface area contributed by atoms with Crippen LogP contribution >= 0.6 is 0 Å². The van der Waals surface area contributed by atoms with Crippen molar-refractivity contribution in [1.29, 1.82) is 5.26 Å². The molecule has 1 saturated heterocycles. The summed E-state index contributed by atoms with van der Waals surface area (Å²) in [6.07, 6.45) is 4.46. The highest BCUT2D eigenvalue weighted by Gasteiger charge is 2.27. The number of nitriles is 1. The number of hydrogen-bond acceptors (Lipinski definition) is 7. The van der Waals surface area contributed by atoms with Crippen LogP contribution in [0.3, 0.4) is 0 Å². The number of fused-ring (bicyclic) bond motifs is 1. The van der Waals surface area contributed by atoms with Gasteiger partial charge in [0.1, 0.15) is 6.07 Å². The van der Waals surface area contributed by atoms with Crippen molar-refractivity contribution in [2.24, 2.45) is 7.05 Å². The summed E-state index contributed by atoms with van der Waals surface area (Å²) >= 11 is 0. The van der Waals surface area contributed by atoms with Gasteiger partial charge in [0, 0.05) is 44.6 Å². The summed E-state index contributed by atoms with van der Waals surface area (Å²) in [7, 11) is 3.13. The molecule has 4 heterocycles. The number of nitrogens with zero attached hydrogens (tertiary/aromatic N) is 6. The number of hydrogen-bond donors (Lipinski definition) is 0. The molecule has 0 radical (unpaired) electrons. The topological polar surface area (TPSA) is 106 Å². The van der Waals surface area contributed by atoms with Crippen LogP contribution in [0.15, 0.2) is 40.2 Å². The Hall–Kier alpha value is -3.67. The quantitative estimate of drug-likeness (QED) is 0.617. The fourth-order valence-corrected chi connectivity index (χ4v) is 3.85. The van der Waals surface area contributed by atoms with E-state index in [0.29, 0.717) is 54.2 Å². The summed E-state index contributed by atoms with van der Waals surface area (Å²) in [5.41, 5.74) is 0.487. The Morgan fingerprint density at radius 1 is 1.21 bits per heavy atom. The Bertz CT molecular complexity index is 1230. The molecular weight excluding hydrogens is 372 g/mol. The van der Waals surface area contributed by atoms with E-state index < -0.39 is 11.1 Å². The predicted molar refractivity (Wildman–Crippen MR) is 107 cm³/mol. The van der Waals surface area contributed by atoms with E-state index in [1.165, 1.54) is 10.8 Å². The van der Waals surface area contributed by atoms with Gasteiger partial charge < -0.3 is 14.2 Å². The molecule has 1 aliphatic rings. The zero-order valence-corrected chi connectivity index (χ0v) is 16.2. The smallest absolute Gasteiger partial charge is 0.318 e. The Balaban J connectivity index is 1.66. The van der Waals surface area contributed by atoms with Crippen molar-refractivity contribution >= 4 is 17.0 Å². The van der Waals surface area contributed by atoms with Crippen LogP contribution in [0.25, 0.3) is 11.2 Å². The highest BCUT2D eigenvalue weighted by atomic mass is 16.5. The minimum atomic E-state index is -0.552. The average Bonchev–Trinajstić information content (AvgIpc) is 2.77. The standard InChI is InChI=1S/C20H20N6O3/c1-24-15-4-3-7-22-17(15)26(20(28)19(24)27)14-5-8-25(9-6-14)18-16(29-2)10-13(11-21)12-23-18/h3-4,7,10,12,14H,5-6,8-9H2,1-2H3. The number of rotatable bonds is 3. The van der Waals surface area contributed by atoms with Crippen LogP contribution in [0.5, 0.6) is 5.75 Å².